The van der Waals surface area contributed by atoms with Gasteiger partial charge in [-0.2, -0.15) is 17.6 Å². The summed E-state index contributed by atoms with van der Waals surface area (Å²) in [7, 11) is 0. The number of alkyl halides is 4. The minimum Gasteiger partial charge on any atom is -0.429 e. The molecule has 0 bridgehead atoms. The van der Waals surface area contributed by atoms with E-state index in [2.05, 4.69) is 16.4 Å². The predicted octanol–water partition coefficient (Wildman–Crippen LogP) is 8.83. The summed E-state index contributed by atoms with van der Waals surface area (Å²) in [6.07, 6.45) is 3.02. The molecule has 0 N–H and O–H groups in total. The third-order valence-corrected chi connectivity index (χ3v) is 6.31. The molecule has 194 valence electrons. The topological polar surface area (TPSA) is 18.5 Å². The molecule has 1 saturated carbocycles. The summed E-state index contributed by atoms with van der Waals surface area (Å²) in [6, 6.07) is 1.96. The zero-order valence-corrected chi connectivity index (χ0v) is 19.0. The second kappa shape index (κ2) is 11.5. The van der Waals surface area contributed by atoms with Gasteiger partial charge < -0.3 is 9.47 Å². The molecule has 0 aromatic heterocycles. The highest BCUT2D eigenvalue weighted by atomic mass is 19.3. The Hall–Kier alpha value is -2.52. The highest BCUT2D eigenvalue weighted by Crippen LogP contribution is 2.41. The van der Waals surface area contributed by atoms with E-state index in [1.54, 1.807) is 0 Å². The lowest BCUT2D eigenvalue weighted by atomic mass is 9.77. The second-order valence-electron chi connectivity index (χ2n) is 8.79. The van der Waals surface area contributed by atoms with Crippen molar-refractivity contribution in [3.8, 4) is 11.5 Å². The van der Waals surface area contributed by atoms with Gasteiger partial charge in [0.25, 0.3) is 0 Å². The maximum Gasteiger partial charge on any atom is 0.432 e. The van der Waals surface area contributed by atoms with Gasteiger partial charge in [0.2, 0.25) is 0 Å². The highest BCUT2D eigenvalue weighted by molar-refractivity contribution is 5.36. The van der Waals surface area contributed by atoms with Crippen LogP contribution in [-0.4, -0.2) is 6.61 Å². The van der Waals surface area contributed by atoms with Crippen molar-refractivity contribution < 1.29 is 44.6 Å². The Morgan fingerprint density at radius 1 is 0.857 bits per heavy atom. The van der Waals surface area contributed by atoms with Crippen LogP contribution < -0.4 is 9.47 Å². The molecule has 0 heterocycles. The number of benzene rings is 2. The summed E-state index contributed by atoms with van der Waals surface area (Å²) < 4.78 is 118. The molecule has 0 atom stereocenters. The van der Waals surface area contributed by atoms with Crippen molar-refractivity contribution >= 4 is 0 Å². The summed E-state index contributed by atoms with van der Waals surface area (Å²) in [5.74, 6) is -8.93. The fourth-order valence-electron chi connectivity index (χ4n) is 4.57. The average Bonchev–Trinajstić information content (AvgIpc) is 2.76. The third-order valence-electron chi connectivity index (χ3n) is 6.31. The SMILES string of the molecule is CCCCCC1CCC(c2cc(F)c(C(F)(F)Oc3cc(F)c(OC(F)F)c(F)c3)c(F)c2)CC1. The van der Waals surface area contributed by atoms with Crippen molar-refractivity contribution in [2.45, 2.75) is 76.9 Å². The van der Waals surface area contributed by atoms with E-state index >= 15 is 0 Å². The lowest BCUT2D eigenvalue weighted by Crippen LogP contribution is -2.26. The molecule has 2 nitrogen and oxygen atoms in total. The van der Waals surface area contributed by atoms with Gasteiger partial charge in [0.05, 0.1) is 0 Å². The van der Waals surface area contributed by atoms with E-state index in [9.17, 15) is 35.1 Å². The van der Waals surface area contributed by atoms with Crippen molar-refractivity contribution in [3.63, 3.8) is 0 Å². The molecule has 2 aromatic carbocycles. The van der Waals surface area contributed by atoms with E-state index in [0.717, 1.165) is 50.7 Å². The Balaban J connectivity index is 1.74. The molecule has 0 spiro atoms. The van der Waals surface area contributed by atoms with Crippen LogP contribution in [0.2, 0.25) is 0 Å². The van der Waals surface area contributed by atoms with Crippen LogP contribution in [0.4, 0.5) is 35.1 Å². The summed E-state index contributed by atoms with van der Waals surface area (Å²) in [5.41, 5.74) is -1.46. The van der Waals surface area contributed by atoms with Crippen molar-refractivity contribution in [3.05, 3.63) is 58.7 Å². The van der Waals surface area contributed by atoms with Crippen LogP contribution >= 0.6 is 0 Å². The van der Waals surface area contributed by atoms with Gasteiger partial charge in [-0.15, -0.1) is 0 Å². The lowest BCUT2D eigenvalue weighted by molar-refractivity contribution is -0.189. The van der Waals surface area contributed by atoms with Gasteiger partial charge >= 0.3 is 12.7 Å². The molecule has 35 heavy (non-hydrogen) atoms. The molecule has 0 saturated heterocycles. The molecule has 3 rings (SSSR count). The van der Waals surface area contributed by atoms with Crippen molar-refractivity contribution in [2.24, 2.45) is 5.92 Å². The fraction of sp³-hybridized carbons (Fsp3) is 0.520. The first-order valence-electron chi connectivity index (χ1n) is 11.5. The predicted molar refractivity (Wildman–Crippen MR) is 113 cm³/mol. The van der Waals surface area contributed by atoms with Gasteiger partial charge in [0.1, 0.15) is 22.9 Å². The molecule has 0 radical (unpaired) electrons. The Labute approximate surface area is 198 Å². The van der Waals surface area contributed by atoms with Crippen LogP contribution in [0.15, 0.2) is 24.3 Å². The quantitative estimate of drug-likeness (QED) is 0.235. The number of hydrogen-bond acceptors (Lipinski definition) is 2. The van der Waals surface area contributed by atoms with Gasteiger partial charge in [0.15, 0.2) is 17.4 Å². The highest BCUT2D eigenvalue weighted by Gasteiger charge is 2.42. The summed E-state index contributed by atoms with van der Waals surface area (Å²) in [5, 5.41) is 0. The summed E-state index contributed by atoms with van der Waals surface area (Å²) in [4.78, 5) is 0. The van der Waals surface area contributed by atoms with E-state index in [-0.39, 0.29) is 23.6 Å². The van der Waals surface area contributed by atoms with E-state index in [4.69, 9.17) is 0 Å². The van der Waals surface area contributed by atoms with Crippen molar-refractivity contribution in [1.29, 1.82) is 0 Å². The molecule has 2 aromatic rings. The van der Waals surface area contributed by atoms with E-state index in [0.29, 0.717) is 18.8 Å². The van der Waals surface area contributed by atoms with Gasteiger partial charge in [-0.3, -0.25) is 0 Å². The molecule has 0 amide bonds. The number of hydrogen-bond donors (Lipinski definition) is 0. The average molecular weight is 510 g/mol. The first-order valence-corrected chi connectivity index (χ1v) is 11.5. The number of ether oxygens (including phenoxy) is 2. The Kier molecular flexibility index (Phi) is 8.88. The molecule has 1 aliphatic rings. The molecule has 10 heteroatoms. The molecule has 0 unspecified atom stereocenters. The van der Waals surface area contributed by atoms with E-state index < -0.39 is 53.1 Å². The Morgan fingerprint density at radius 3 is 1.94 bits per heavy atom. The monoisotopic (exact) mass is 510 g/mol. The van der Waals surface area contributed by atoms with Crippen LogP contribution in [0.5, 0.6) is 11.5 Å². The molecular formula is C25H26F8O2. The Morgan fingerprint density at radius 2 is 1.43 bits per heavy atom. The standard InChI is InChI=1S/C25H26F8O2/c1-2-3-4-5-14-6-8-15(9-7-14)16-10-18(26)22(19(27)11-16)25(32,33)35-17-12-20(28)23(21(29)13-17)34-24(30)31/h10-15,24H,2-9H2,1H3. The molecule has 1 fully saturated rings. The molecule has 0 aliphatic heterocycles. The maximum absolute atomic E-state index is 14.7. The van der Waals surface area contributed by atoms with Crippen LogP contribution in [0.3, 0.4) is 0 Å². The smallest absolute Gasteiger partial charge is 0.429 e. The van der Waals surface area contributed by atoms with Gasteiger partial charge in [-0.25, -0.2) is 17.6 Å². The fourth-order valence-corrected chi connectivity index (χ4v) is 4.57. The Bertz CT molecular complexity index is 957. The van der Waals surface area contributed by atoms with Crippen LogP contribution in [0.1, 0.15) is 75.3 Å². The van der Waals surface area contributed by atoms with Crippen LogP contribution in [0, 0.1) is 29.2 Å². The lowest BCUT2D eigenvalue weighted by Gasteiger charge is -2.29. The normalized spacial score (nSPS) is 18.7. The minimum atomic E-state index is -4.65. The zero-order valence-electron chi connectivity index (χ0n) is 19.0. The van der Waals surface area contributed by atoms with E-state index in [1.165, 1.54) is 0 Å². The van der Waals surface area contributed by atoms with Crippen LogP contribution in [-0.2, 0) is 6.11 Å². The molecule has 1 aliphatic carbocycles. The van der Waals surface area contributed by atoms with Crippen molar-refractivity contribution in [1.82, 2.24) is 0 Å². The maximum atomic E-state index is 14.7. The summed E-state index contributed by atoms with van der Waals surface area (Å²) in [6.45, 7) is -1.44. The largest absolute Gasteiger partial charge is 0.432 e. The molecular weight excluding hydrogens is 484 g/mol. The first-order chi connectivity index (χ1) is 16.5. The van der Waals surface area contributed by atoms with Gasteiger partial charge in [-0.05, 0) is 55.2 Å². The van der Waals surface area contributed by atoms with Crippen molar-refractivity contribution in [2.75, 3.05) is 0 Å². The van der Waals surface area contributed by atoms with Gasteiger partial charge in [-0.1, -0.05) is 32.6 Å². The summed E-state index contributed by atoms with van der Waals surface area (Å²) >= 11 is 0. The number of unbranched alkanes of at least 4 members (excludes halogenated alkanes) is 2. The second-order valence-corrected chi connectivity index (χ2v) is 8.79. The minimum absolute atomic E-state index is 0.151. The van der Waals surface area contributed by atoms with Gasteiger partial charge in [0, 0.05) is 12.1 Å². The number of rotatable bonds is 10. The third kappa shape index (κ3) is 6.79. The van der Waals surface area contributed by atoms with Crippen LogP contribution in [0.25, 0.3) is 0 Å². The number of halogens is 8. The zero-order chi connectivity index (χ0) is 25.8. The first kappa shape index (κ1) is 27.1. The van der Waals surface area contributed by atoms with E-state index in [1.807, 2.05) is 0 Å².